The summed E-state index contributed by atoms with van der Waals surface area (Å²) in [6.45, 7) is 4.86. The molecular formula is C15H22N2O2. The monoisotopic (exact) mass is 262 g/mol. The van der Waals surface area contributed by atoms with Crippen LogP contribution in [0.25, 0.3) is 0 Å². The Morgan fingerprint density at radius 2 is 2.26 bits per heavy atom. The van der Waals surface area contributed by atoms with Crippen LogP contribution in [-0.4, -0.2) is 24.6 Å². The topological polar surface area (TPSA) is 64.3 Å². The van der Waals surface area contributed by atoms with E-state index in [1.807, 2.05) is 26.0 Å². The minimum absolute atomic E-state index is 0.168. The maximum atomic E-state index is 11.3. The Labute approximate surface area is 114 Å². The second kappa shape index (κ2) is 6.06. The minimum Gasteiger partial charge on any atom is -0.491 e. The lowest BCUT2D eigenvalue weighted by molar-refractivity contribution is -0.120. The zero-order valence-electron chi connectivity index (χ0n) is 11.6. The molecule has 0 aromatic heterocycles. The Morgan fingerprint density at radius 3 is 2.95 bits per heavy atom. The van der Waals surface area contributed by atoms with Gasteiger partial charge in [0, 0.05) is 0 Å². The number of benzene rings is 1. The van der Waals surface area contributed by atoms with Gasteiger partial charge in [0.2, 0.25) is 5.91 Å². The van der Waals surface area contributed by atoms with Crippen molar-refractivity contribution in [2.75, 3.05) is 6.54 Å². The predicted molar refractivity (Wildman–Crippen MR) is 75.2 cm³/mol. The van der Waals surface area contributed by atoms with E-state index in [0.29, 0.717) is 5.92 Å². The zero-order valence-corrected chi connectivity index (χ0v) is 11.6. The number of carbonyl (C=O) groups excluding carboxylic acids is 1. The molecule has 1 aliphatic rings. The summed E-state index contributed by atoms with van der Waals surface area (Å²) in [5.41, 5.74) is 6.60. The van der Waals surface area contributed by atoms with Crippen molar-refractivity contribution in [3.63, 3.8) is 0 Å². The molecule has 104 valence electrons. The first-order chi connectivity index (χ1) is 9.06. The van der Waals surface area contributed by atoms with E-state index >= 15 is 0 Å². The first-order valence-electron chi connectivity index (χ1n) is 6.85. The fourth-order valence-electron chi connectivity index (χ4n) is 2.55. The Balaban J connectivity index is 2.10. The second-order valence-corrected chi connectivity index (χ2v) is 5.37. The number of hydrogen-bond acceptors (Lipinski definition) is 3. The van der Waals surface area contributed by atoms with Gasteiger partial charge in [-0.3, -0.25) is 4.79 Å². The third kappa shape index (κ3) is 3.70. The van der Waals surface area contributed by atoms with Crippen LogP contribution >= 0.6 is 0 Å². The van der Waals surface area contributed by atoms with Gasteiger partial charge in [-0.1, -0.05) is 12.1 Å². The summed E-state index contributed by atoms with van der Waals surface area (Å²) in [6, 6.07) is 7.94. The molecule has 0 bridgehead atoms. The van der Waals surface area contributed by atoms with E-state index in [4.69, 9.17) is 10.5 Å². The van der Waals surface area contributed by atoms with Crippen LogP contribution in [0, 0.1) is 0 Å². The van der Waals surface area contributed by atoms with Gasteiger partial charge in [-0.25, -0.2) is 0 Å². The minimum atomic E-state index is -0.265. The lowest BCUT2D eigenvalue weighted by Gasteiger charge is -2.29. The van der Waals surface area contributed by atoms with Crippen molar-refractivity contribution in [1.82, 2.24) is 5.32 Å². The molecule has 1 aliphatic heterocycles. The number of ether oxygens (including phenoxy) is 1. The van der Waals surface area contributed by atoms with Crippen molar-refractivity contribution in [1.29, 1.82) is 0 Å². The average Bonchev–Trinajstić information content (AvgIpc) is 2.38. The highest BCUT2D eigenvalue weighted by molar-refractivity contribution is 5.80. The highest BCUT2D eigenvalue weighted by Gasteiger charge is 2.26. The molecule has 1 aromatic rings. The summed E-state index contributed by atoms with van der Waals surface area (Å²) in [6.07, 6.45) is 1.96. The van der Waals surface area contributed by atoms with E-state index in [-0.39, 0.29) is 18.1 Å². The molecule has 2 atom stereocenters. The molecule has 19 heavy (non-hydrogen) atoms. The van der Waals surface area contributed by atoms with Crippen LogP contribution in [0.1, 0.15) is 38.2 Å². The summed E-state index contributed by atoms with van der Waals surface area (Å²) < 4.78 is 5.71. The van der Waals surface area contributed by atoms with E-state index in [1.165, 1.54) is 5.56 Å². The van der Waals surface area contributed by atoms with Gasteiger partial charge >= 0.3 is 0 Å². The predicted octanol–water partition coefficient (Wildman–Crippen LogP) is 1.79. The summed E-state index contributed by atoms with van der Waals surface area (Å²) >= 11 is 0. The number of rotatable bonds is 4. The molecule has 1 amide bonds. The first-order valence-corrected chi connectivity index (χ1v) is 6.85. The van der Waals surface area contributed by atoms with Crippen LogP contribution in [0.4, 0.5) is 0 Å². The molecule has 1 saturated heterocycles. The summed E-state index contributed by atoms with van der Waals surface area (Å²) in [4.78, 5) is 11.3. The van der Waals surface area contributed by atoms with E-state index in [1.54, 1.807) is 0 Å². The van der Waals surface area contributed by atoms with Crippen molar-refractivity contribution in [3.05, 3.63) is 29.8 Å². The maximum absolute atomic E-state index is 11.3. The third-order valence-corrected chi connectivity index (χ3v) is 3.45. The molecule has 2 rings (SSSR count). The van der Waals surface area contributed by atoms with Gasteiger partial charge in [-0.15, -0.1) is 0 Å². The number of primary amides is 1. The van der Waals surface area contributed by atoms with Gasteiger partial charge in [0.15, 0.2) is 0 Å². The van der Waals surface area contributed by atoms with E-state index in [0.717, 1.165) is 25.1 Å². The zero-order chi connectivity index (χ0) is 13.8. The molecule has 3 N–H and O–H groups in total. The number of piperidine rings is 1. The molecule has 2 unspecified atom stereocenters. The van der Waals surface area contributed by atoms with Crippen LogP contribution in [0.3, 0.4) is 0 Å². The second-order valence-electron chi connectivity index (χ2n) is 5.37. The van der Waals surface area contributed by atoms with Crippen LogP contribution in [0.15, 0.2) is 24.3 Å². The van der Waals surface area contributed by atoms with Crippen molar-refractivity contribution in [2.45, 2.75) is 44.8 Å². The van der Waals surface area contributed by atoms with Gasteiger partial charge in [-0.05, 0) is 56.8 Å². The van der Waals surface area contributed by atoms with Crippen LogP contribution < -0.4 is 15.8 Å². The Bertz CT molecular complexity index is 446. The normalized spacial score (nSPS) is 23.3. The van der Waals surface area contributed by atoms with Crippen LogP contribution in [-0.2, 0) is 4.79 Å². The third-order valence-electron chi connectivity index (χ3n) is 3.45. The molecular weight excluding hydrogens is 240 g/mol. The van der Waals surface area contributed by atoms with E-state index in [9.17, 15) is 4.79 Å². The summed E-state index contributed by atoms with van der Waals surface area (Å²) in [7, 11) is 0. The van der Waals surface area contributed by atoms with Crippen LogP contribution in [0.2, 0.25) is 0 Å². The fourth-order valence-corrected chi connectivity index (χ4v) is 2.55. The molecule has 4 heteroatoms. The van der Waals surface area contributed by atoms with Crippen molar-refractivity contribution >= 4 is 5.91 Å². The molecule has 1 aromatic carbocycles. The van der Waals surface area contributed by atoms with Gasteiger partial charge in [-0.2, -0.15) is 0 Å². The van der Waals surface area contributed by atoms with Crippen LogP contribution in [0.5, 0.6) is 5.75 Å². The molecule has 0 aliphatic carbocycles. The lowest BCUT2D eigenvalue weighted by Crippen LogP contribution is -2.46. The Morgan fingerprint density at radius 1 is 1.47 bits per heavy atom. The average molecular weight is 262 g/mol. The quantitative estimate of drug-likeness (QED) is 0.869. The number of nitrogens with two attached hydrogens (primary N) is 1. The lowest BCUT2D eigenvalue weighted by atomic mass is 9.86. The largest absolute Gasteiger partial charge is 0.491 e. The highest BCUT2D eigenvalue weighted by atomic mass is 16.5. The molecule has 4 nitrogen and oxygen atoms in total. The molecule has 0 spiro atoms. The summed E-state index contributed by atoms with van der Waals surface area (Å²) in [5, 5.41) is 3.16. The van der Waals surface area contributed by atoms with Gasteiger partial charge < -0.3 is 15.8 Å². The molecule has 0 radical (unpaired) electrons. The van der Waals surface area contributed by atoms with Crippen molar-refractivity contribution in [3.8, 4) is 5.75 Å². The summed E-state index contributed by atoms with van der Waals surface area (Å²) in [5.74, 6) is 0.996. The number of hydrogen-bond donors (Lipinski definition) is 2. The number of amides is 1. The van der Waals surface area contributed by atoms with Crippen molar-refractivity contribution in [2.24, 2.45) is 5.73 Å². The Hall–Kier alpha value is -1.55. The molecule has 1 fully saturated rings. The Kier molecular flexibility index (Phi) is 4.43. The van der Waals surface area contributed by atoms with E-state index < -0.39 is 0 Å². The van der Waals surface area contributed by atoms with E-state index in [2.05, 4.69) is 17.4 Å². The number of carbonyl (C=O) groups is 1. The first kappa shape index (κ1) is 13.9. The van der Waals surface area contributed by atoms with Crippen molar-refractivity contribution < 1.29 is 9.53 Å². The highest BCUT2D eigenvalue weighted by Crippen LogP contribution is 2.30. The fraction of sp³-hybridized carbons (Fsp3) is 0.533. The molecule has 1 heterocycles. The smallest absolute Gasteiger partial charge is 0.234 e. The molecule has 0 saturated carbocycles. The van der Waals surface area contributed by atoms with Gasteiger partial charge in [0.1, 0.15) is 5.75 Å². The van der Waals surface area contributed by atoms with Gasteiger partial charge in [0.05, 0.1) is 12.1 Å². The SMILES string of the molecule is CC(C)Oc1cccc(C2CCNC(C(N)=O)C2)c1. The van der Waals surface area contributed by atoms with Gasteiger partial charge in [0.25, 0.3) is 0 Å². The maximum Gasteiger partial charge on any atom is 0.234 e. The number of nitrogens with one attached hydrogen (secondary N) is 1. The standard InChI is InChI=1S/C15H22N2O2/c1-10(2)19-13-5-3-4-11(8-13)12-6-7-17-14(9-12)15(16)18/h3-5,8,10,12,14,17H,6-7,9H2,1-2H3,(H2,16,18).